The zero-order valence-electron chi connectivity index (χ0n) is 18.0. The number of hydrogen-bond donors (Lipinski definition) is 3. The minimum Gasteiger partial charge on any atom is -0.480 e. The molecule has 166 valence electrons. The Kier molecular flexibility index (Phi) is 8.03. The molecule has 0 radical (unpaired) electrons. The van der Waals surface area contributed by atoms with E-state index in [1.165, 1.54) is 11.1 Å². The average Bonchev–Trinajstić information content (AvgIpc) is 3.09. The van der Waals surface area contributed by atoms with Gasteiger partial charge in [-0.15, -0.1) is 0 Å². The van der Waals surface area contributed by atoms with Gasteiger partial charge in [0.05, 0.1) is 25.3 Å². The number of carbonyl (C=O) groups is 2. The Balaban J connectivity index is 1.59. The van der Waals surface area contributed by atoms with E-state index in [1.807, 2.05) is 38.1 Å². The molecule has 1 amide bonds. The van der Waals surface area contributed by atoms with Gasteiger partial charge < -0.3 is 25.2 Å². The lowest BCUT2D eigenvalue weighted by Gasteiger charge is -2.22. The van der Waals surface area contributed by atoms with E-state index in [9.17, 15) is 9.59 Å². The summed E-state index contributed by atoms with van der Waals surface area (Å²) in [6, 6.07) is 15.9. The zero-order valence-corrected chi connectivity index (χ0v) is 18.0. The number of carboxylic acids is 1. The lowest BCUT2D eigenvalue weighted by molar-refractivity contribution is -0.136. The summed E-state index contributed by atoms with van der Waals surface area (Å²) in [4.78, 5) is 23.3. The van der Waals surface area contributed by atoms with Crippen molar-refractivity contribution in [1.29, 1.82) is 0 Å². The summed E-state index contributed by atoms with van der Waals surface area (Å²) in [7, 11) is 0. The maximum atomic E-state index is 12.5. The van der Waals surface area contributed by atoms with Crippen LogP contribution in [0.4, 0.5) is 4.79 Å². The van der Waals surface area contributed by atoms with E-state index in [-0.39, 0.29) is 38.3 Å². The summed E-state index contributed by atoms with van der Waals surface area (Å²) in [6.45, 7) is 4.54. The molecule has 7 nitrogen and oxygen atoms in total. The molecule has 2 aromatic carbocycles. The third-order valence-electron chi connectivity index (χ3n) is 5.49. The molecule has 0 heterocycles. The van der Waals surface area contributed by atoms with Crippen LogP contribution in [0.25, 0.3) is 11.1 Å². The molecule has 0 bridgehead atoms. The number of rotatable bonds is 11. The largest absolute Gasteiger partial charge is 0.480 e. The van der Waals surface area contributed by atoms with Crippen LogP contribution in [0.3, 0.4) is 0 Å². The van der Waals surface area contributed by atoms with Gasteiger partial charge in [0.15, 0.2) is 0 Å². The maximum absolute atomic E-state index is 12.5. The number of carboxylic acid groups (broad SMARTS) is 1. The fraction of sp³-hybridized carbons (Fsp3) is 0.417. The first kappa shape index (κ1) is 22.8. The quantitative estimate of drug-likeness (QED) is 0.510. The number of amides is 1. The topological polar surface area (TPSA) is 96.9 Å². The highest BCUT2D eigenvalue weighted by Gasteiger charge is 2.29. The molecular formula is C24H30N2O5. The number of benzene rings is 2. The van der Waals surface area contributed by atoms with Crippen LogP contribution in [0.15, 0.2) is 48.5 Å². The molecule has 0 saturated carbocycles. The Morgan fingerprint density at radius 3 is 2.26 bits per heavy atom. The second-order valence-corrected chi connectivity index (χ2v) is 7.74. The smallest absolute Gasteiger partial charge is 0.407 e. The van der Waals surface area contributed by atoms with Crippen molar-refractivity contribution in [3.63, 3.8) is 0 Å². The van der Waals surface area contributed by atoms with Crippen LogP contribution in [0.2, 0.25) is 0 Å². The summed E-state index contributed by atoms with van der Waals surface area (Å²) < 4.78 is 11.3. The van der Waals surface area contributed by atoms with Gasteiger partial charge in [-0.25, -0.2) is 4.79 Å². The first-order chi connectivity index (χ1) is 15.0. The van der Waals surface area contributed by atoms with Crippen LogP contribution in [-0.2, 0) is 14.3 Å². The van der Waals surface area contributed by atoms with E-state index in [4.69, 9.17) is 14.6 Å². The third kappa shape index (κ3) is 6.06. The molecular weight excluding hydrogens is 396 g/mol. The van der Waals surface area contributed by atoms with Gasteiger partial charge in [-0.1, -0.05) is 55.5 Å². The van der Waals surface area contributed by atoms with Gasteiger partial charge in [0, 0.05) is 12.5 Å². The van der Waals surface area contributed by atoms with Crippen molar-refractivity contribution < 1.29 is 24.2 Å². The molecule has 3 rings (SSSR count). The Morgan fingerprint density at radius 2 is 1.68 bits per heavy atom. The number of aliphatic carboxylic acids is 1. The Morgan fingerprint density at radius 1 is 1.06 bits per heavy atom. The fourth-order valence-corrected chi connectivity index (χ4v) is 3.71. The number of hydrogen-bond acceptors (Lipinski definition) is 5. The third-order valence-corrected chi connectivity index (χ3v) is 5.49. The number of ether oxygens (including phenoxy) is 2. The van der Waals surface area contributed by atoms with Gasteiger partial charge in [0.1, 0.15) is 6.61 Å². The van der Waals surface area contributed by atoms with E-state index in [1.54, 1.807) is 0 Å². The highest BCUT2D eigenvalue weighted by molar-refractivity contribution is 5.79. The Bertz CT molecular complexity index is 856. The maximum Gasteiger partial charge on any atom is 0.407 e. The molecule has 1 aliphatic rings. The van der Waals surface area contributed by atoms with Gasteiger partial charge in [0.25, 0.3) is 0 Å². The average molecular weight is 427 g/mol. The number of nitrogens with one attached hydrogen (secondary N) is 2. The van der Waals surface area contributed by atoms with E-state index < -0.39 is 18.1 Å². The van der Waals surface area contributed by atoms with Crippen LogP contribution in [0, 0.1) is 0 Å². The number of alkyl carbamates (subject to hydrolysis) is 1. The Labute approximate surface area is 182 Å². The molecule has 0 fully saturated rings. The van der Waals surface area contributed by atoms with E-state index in [0.29, 0.717) is 0 Å². The second kappa shape index (κ2) is 10.9. The van der Waals surface area contributed by atoms with Crippen molar-refractivity contribution in [3.05, 3.63) is 59.7 Å². The summed E-state index contributed by atoms with van der Waals surface area (Å²) in [5.41, 5.74) is 4.64. The molecule has 2 aromatic rings. The molecule has 0 saturated heterocycles. The predicted molar refractivity (Wildman–Crippen MR) is 118 cm³/mol. The molecule has 3 N–H and O–H groups in total. The van der Waals surface area contributed by atoms with Crippen LogP contribution >= 0.6 is 0 Å². The molecule has 31 heavy (non-hydrogen) atoms. The zero-order chi connectivity index (χ0) is 22.2. The van der Waals surface area contributed by atoms with Crippen LogP contribution in [-0.4, -0.2) is 55.6 Å². The van der Waals surface area contributed by atoms with Gasteiger partial charge in [-0.3, -0.25) is 4.79 Å². The summed E-state index contributed by atoms with van der Waals surface area (Å²) in [5.74, 6) is -0.971. The minimum absolute atomic E-state index is 0.0156. The summed E-state index contributed by atoms with van der Waals surface area (Å²) in [6.07, 6.45) is 0.350. The predicted octanol–water partition coefficient (Wildman–Crippen LogP) is 3.38. The summed E-state index contributed by atoms with van der Waals surface area (Å²) in [5, 5.41) is 14.4. The second-order valence-electron chi connectivity index (χ2n) is 7.74. The minimum atomic E-state index is -0.956. The van der Waals surface area contributed by atoms with Crippen molar-refractivity contribution in [2.24, 2.45) is 0 Å². The number of fused-ring (bicyclic) bond motifs is 3. The highest BCUT2D eigenvalue weighted by atomic mass is 16.5. The SMILES string of the molecule is CCC(C)OC[C@@H](CNCC(=O)O)NC(=O)OCC1c2ccccc2-c2ccccc21. The first-order valence-corrected chi connectivity index (χ1v) is 10.6. The monoisotopic (exact) mass is 426 g/mol. The van der Waals surface area contributed by atoms with Gasteiger partial charge in [-0.05, 0) is 35.6 Å². The lowest BCUT2D eigenvalue weighted by atomic mass is 9.98. The number of carbonyl (C=O) groups excluding carboxylic acids is 1. The fourth-order valence-electron chi connectivity index (χ4n) is 3.71. The van der Waals surface area contributed by atoms with E-state index in [2.05, 4.69) is 34.9 Å². The van der Waals surface area contributed by atoms with Crippen molar-refractivity contribution in [3.8, 4) is 11.1 Å². The normalized spacial score (nSPS) is 14.4. The van der Waals surface area contributed by atoms with Gasteiger partial charge >= 0.3 is 12.1 Å². The van der Waals surface area contributed by atoms with Crippen molar-refractivity contribution in [2.45, 2.75) is 38.3 Å². The highest BCUT2D eigenvalue weighted by Crippen LogP contribution is 2.44. The first-order valence-electron chi connectivity index (χ1n) is 10.6. The van der Waals surface area contributed by atoms with Crippen LogP contribution in [0.1, 0.15) is 37.3 Å². The van der Waals surface area contributed by atoms with Crippen molar-refractivity contribution in [2.75, 3.05) is 26.3 Å². The van der Waals surface area contributed by atoms with Gasteiger partial charge in [-0.2, -0.15) is 0 Å². The molecule has 7 heteroatoms. The molecule has 1 unspecified atom stereocenters. The van der Waals surface area contributed by atoms with Gasteiger partial charge in [0.2, 0.25) is 0 Å². The molecule has 1 aliphatic carbocycles. The van der Waals surface area contributed by atoms with Crippen LogP contribution in [0.5, 0.6) is 0 Å². The molecule has 0 aliphatic heterocycles. The molecule has 0 aromatic heterocycles. The van der Waals surface area contributed by atoms with Crippen LogP contribution < -0.4 is 10.6 Å². The molecule has 2 atom stereocenters. The van der Waals surface area contributed by atoms with Crippen molar-refractivity contribution in [1.82, 2.24) is 10.6 Å². The van der Waals surface area contributed by atoms with E-state index in [0.717, 1.165) is 17.5 Å². The van der Waals surface area contributed by atoms with Crippen molar-refractivity contribution >= 4 is 12.1 Å². The summed E-state index contributed by atoms with van der Waals surface area (Å²) >= 11 is 0. The molecule has 0 spiro atoms. The van der Waals surface area contributed by atoms with E-state index >= 15 is 0 Å². The lowest BCUT2D eigenvalue weighted by Crippen LogP contribution is -2.46. The standard InChI is InChI=1S/C24H30N2O5/c1-3-16(2)30-14-17(12-25-13-23(27)28)26-24(29)31-15-22-20-10-6-4-8-18(20)19-9-5-7-11-21(19)22/h4-11,16-17,22,25H,3,12-15H2,1-2H3,(H,26,29)(H,27,28)/t16?,17-/m1/s1. The Hall–Kier alpha value is -2.90.